The number of methoxy groups -OCH3 is 2. The molecule has 0 aliphatic heterocycles. The fourth-order valence-electron chi connectivity index (χ4n) is 2.40. The van der Waals surface area contributed by atoms with Gasteiger partial charge in [-0.1, -0.05) is 27.7 Å². The highest BCUT2D eigenvalue weighted by Crippen LogP contribution is 2.48. The first-order valence-corrected chi connectivity index (χ1v) is 7.00. The van der Waals surface area contributed by atoms with Crippen LogP contribution in [0.1, 0.15) is 38.8 Å². The van der Waals surface area contributed by atoms with E-state index in [0.29, 0.717) is 47.3 Å². The van der Waals surface area contributed by atoms with E-state index in [0.717, 1.165) is 0 Å². The summed E-state index contributed by atoms with van der Waals surface area (Å²) in [5, 5.41) is 20.6. The van der Waals surface area contributed by atoms with E-state index in [-0.39, 0.29) is 11.5 Å². The fraction of sp³-hybridized carbons (Fsp3) is 0.625. The van der Waals surface area contributed by atoms with E-state index in [4.69, 9.17) is 9.47 Å². The highest BCUT2D eigenvalue weighted by molar-refractivity contribution is 5.65. The highest BCUT2D eigenvalue weighted by atomic mass is 16.5. The minimum atomic E-state index is -0.0907. The van der Waals surface area contributed by atoms with Crippen LogP contribution in [0.3, 0.4) is 0 Å². The summed E-state index contributed by atoms with van der Waals surface area (Å²) in [6, 6.07) is 0. The Balaban J connectivity index is 3.53. The predicted molar refractivity (Wildman–Crippen MR) is 80.0 cm³/mol. The largest absolute Gasteiger partial charge is 0.504 e. The maximum atomic E-state index is 10.3. The second kappa shape index (κ2) is 6.73. The van der Waals surface area contributed by atoms with Crippen LogP contribution in [0.2, 0.25) is 0 Å². The SMILES string of the molecule is COc1c(CC(C)C)c(O)c(O)c(CC(C)C)c1OC. The molecule has 0 radical (unpaired) electrons. The molecular formula is C16H26O4. The lowest BCUT2D eigenvalue weighted by Gasteiger charge is -2.21. The molecule has 4 heteroatoms. The quantitative estimate of drug-likeness (QED) is 0.784. The van der Waals surface area contributed by atoms with Crippen LogP contribution in [0.15, 0.2) is 0 Å². The molecular weight excluding hydrogens is 256 g/mol. The summed E-state index contributed by atoms with van der Waals surface area (Å²) >= 11 is 0. The van der Waals surface area contributed by atoms with Crippen LogP contribution in [-0.4, -0.2) is 24.4 Å². The molecule has 0 aliphatic carbocycles. The molecule has 0 aliphatic rings. The maximum Gasteiger partial charge on any atom is 0.168 e. The van der Waals surface area contributed by atoms with Crippen molar-refractivity contribution in [1.82, 2.24) is 0 Å². The van der Waals surface area contributed by atoms with Gasteiger partial charge in [-0.05, 0) is 24.7 Å². The van der Waals surface area contributed by atoms with Gasteiger partial charge in [0.25, 0.3) is 0 Å². The Hall–Kier alpha value is -1.58. The molecule has 1 aromatic carbocycles. The van der Waals surface area contributed by atoms with Crippen LogP contribution in [-0.2, 0) is 12.8 Å². The van der Waals surface area contributed by atoms with Crippen molar-refractivity contribution in [3.63, 3.8) is 0 Å². The van der Waals surface area contributed by atoms with Gasteiger partial charge in [0.05, 0.1) is 14.2 Å². The van der Waals surface area contributed by atoms with Gasteiger partial charge < -0.3 is 19.7 Å². The number of benzene rings is 1. The third-order valence-electron chi connectivity index (χ3n) is 3.18. The standard InChI is InChI=1S/C16H26O4/c1-9(2)7-11-13(17)14(18)12(8-10(3)4)16(20-6)15(11)19-5/h9-10,17-18H,7-8H2,1-6H3. The number of phenolic OH excluding ortho intramolecular Hbond substituents is 2. The van der Waals surface area contributed by atoms with Crippen molar-refractivity contribution in [2.24, 2.45) is 11.8 Å². The third kappa shape index (κ3) is 3.30. The molecule has 0 saturated carbocycles. The molecule has 0 aromatic heterocycles. The summed E-state index contributed by atoms with van der Waals surface area (Å²) in [5.41, 5.74) is 1.20. The minimum Gasteiger partial charge on any atom is -0.504 e. The number of rotatable bonds is 6. The van der Waals surface area contributed by atoms with Gasteiger partial charge >= 0.3 is 0 Å². The van der Waals surface area contributed by atoms with Gasteiger partial charge in [0, 0.05) is 11.1 Å². The van der Waals surface area contributed by atoms with Gasteiger partial charge in [-0.3, -0.25) is 0 Å². The van der Waals surface area contributed by atoms with E-state index in [1.165, 1.54) is 0 Å². The molecule has 0 spiro atoms. The molecule has 0 heterocycles. The van der Waals surface area contributed by atoms with Crippen LogP contribution in [0, 0.1) is 11.8 Å². The Labute approximate surface area is 121 Å². The average molecular weight is 282 g/mol. The van der Waals surface area contributed by atoms with E-state index in [1.54, 1.807) is 14.2 Å². The fourth-order valence-corrected chi connectivity index (χ4v) is 2.40. The normalized spacial score (nSPS) is 11.2. The van der Waals surface area contributed by atoms with Crippen LogP contribution in [0.25, 0.3) is 0 Å². The number of ether oxygens (including phenoxy) is 2. The van der Waals surface area contributed by atoms with Gasteiger partial charge in [0.15, 0.2) is 23.0 Å². The smallest absolute Gasteiger partial charge is 0.168 e. The van der Waals surface area contributed by atoms with Crippen molar-refractivity contribution in [2.45, 2.75) is 40.5 Å². The van der Waals surface area contributed by atoms with Gasteiger partial charge in [0.2, 0.25) is 0 Å². The van der Waals surface area contributed by atoms with Crippen molar-refractivity contribution in [3.05, 3.63) is 11.1 Å². The van der Waals surface area contributed by atoms with Gasteiger partial charge in [0.1, 0.15) is 0 Å². The summed E-state index contributed by atoms with van der Waals surface area (Å²) in [4.78, 5) is 0. The highest BCUT2D eigenvalue weighted by Gasteiger charge is 2.25. The van der Waals surface area contributed by atoms with Crippen molar-refractivity contribution in [2.75, 3.05) is 14.2 Å². The predicted octanol–water partition coefficient (Wildman–Crippen LogP) is 3.51. The van der Waals surface area contributed by atoms with Crippen LogP contribution < -0.4 is 9.47 Å². The molecule has 114 valence electrons. The summed E-state index contributed by atoms with van der Waals surface area (Å²) in [7, 11) is 3.11. The van der Waals surface area contributed by atoms with Gasteiger partial charge in [-0.2, -0.15) is 0 Å². The lowest BCUT2D eigenvalue weighted by molar-refractivity contribution is 0.327. The third-order valence-corrected chi connectivity index (χ3v) is 3.18. The Bertz CT molecular complexity index is 421. The second-order valence-corrected chi connectivity index (χ2v) is 5.92. The van der Waals surface area contributed by atoms with Gasteiger partial charge in [-0.25, -0.2) is 0 Å². The van der Waals surface area contributed by atoms with E-state index < -0.39 is 0 Å². The van der Waals surface area contributed by atoms with Crippen molar-refractivity contribution >= 4 is 0 Å². The Morgan fingerprint density at radius 2 is 1.05 bits per heavy atom. The molecule has 4 nitrogen and oxygen atoms in total. The van der Waals surface area contributed by atoms with Crippen LogP contribution in [0.4, 0.5) is 0 Å². The lowest BCUT2D eigenvalue weighted by atomic mass is 9.94. The Kier molecular flexibility index (Phi) is 5.54. The molecule has 1 aromatic rings. The first-order valence-electron chi connectivity index (χ1n) is 7.00. The van der Waals surface area contributed by atoms with Crippen LogP contribution in [0.5, 0.6) is 23.0 Å². The van der Waals surface area contributed by atoms with Crippen molar-refractivity contribution in [3.8, 4) is 23.0 Å². The zero-order chi connectivity index (χ0) is 15.4. The zero-order valence-corrected chi connectivity index (χ0v) is 13.3. The molecule has 0 atom stereocenters. The molecule has 1 rings (SSSR count). The average Bonchev–Trinajstić information content (AvgIpc) is 2.37. The summed E-state index contributed by atoms with van der Waals surface area (Å²) in [6.45, 7) is 8.18. The lowest BCUT2D eigenvalue weighted by Crippen LogP contribution is -2.06. The van der Waals surface area contributed by atoms with E-state index in [9.17, 15) is 10.2 Å². The number of hydrogen-bond donors (Lipinski definition) is 2. The van der Waals surface area contributed by atoms with E-state index in [2.05, 4.69) is 0 Å². The van der Waals surface area contributed by atoms with Crippen LogP contribution >= 0.6 is 0 Å². The van der Waals surface area contributed by atoms with E-state index in [1.807, 2.05) is 27.7 Å². The summed E-state index contributed by atoms with van der Waals surface area (Å²) in [5.74, 6) is 1.52. The maximum absolute atomic E-state index is 10.3. The molecule has 0 fully saturated rings. The molecule has 0 unspecified atom stereocenters. The molecule has 0 amide bonds. The monoisotopic (exact) mass is 282 g/mol. The molecule has 20 heavy (non-hydrogen) atoms. The number of aromatic hydroxyl groups is 2. The molecule has 2 N–H and O–H groups in total. The summed E-state index contributed by atoms with van der Waals surface area (Å²) < 4.78 is 10.9. The molecule has 0 bridgehead atoms. The number of hydrogen-bond acceptors (Lipinski definition) is 4. The first kappa shape index (κ1) is 16.5. The van der Waals surface area contributed by atoms with Crippen molar-refractivity contribution in [1.29, 1.82) is 0 Å². The first-order chi connectivity index (χ1) is 9.33. The minimum absolute atomic E-state index is 0.0907. The summed E-state index contributed by atoms with van der Waals surface area (Å²) in [6.07, 6.45) is 1.22. The second-order valence-electron chi connectivity index (χ2n) is 5.92. The molecule has 0 saturated heterocycles. The Morgan fingerprint density at radius 3 is 1.25 bits per heavy atom. The van der Waals surface area contributed by atoms with E-state index >= 15 is 0 Å². The zero-order valence-electron chi connectivity index (χ0n) is 13.3. The topological polar surface area (TPSA) is 58.9 Å². The number of phenols is 2. The van der Waals surface area contributed by atoms with Crippen molar-refractivity contribution < 1.29 is 19.7 Å². The Morgan fingerprint density at radius 1 is 0.750 bits per heavy atom. The van der Waals surface area contributed by atoms with Gasteiger partial charge in [-0.15, -0.1) is 0 Å².